The number of nitrogens with one attached hydrogen (secondary N) is 2. The zero-order valence-electron chi connectivity index (χ0n) is 16.6. The van der Waals surface area contributed by atoms with Crippen LogP contribution in [0, 0.1) is 0 Å². The van der Waals surface area contributed by atoms with E-state index in [1.54, 1.807) is 11.8 Å². The highest BCUT2D eigenvalue weighted by atomic mass is 15.1. The van der Waals surface area contributed by atoms with E-state index in [4.69, 9.17) is 4.98 Å². The Hall–Kier alpha value is -3.21. The van der Waals surface area contributed by atoms with Gasteiger partial charge in [0.25, 0.3) is 0 Å². The molecule has 0 bridgehead atoms. The number of hydrogen-bond donors (Lipinski definition) is 2. The van der Waals surface area contributed by atoms with Crippen molar-refractivity contribution in [1.82, 2.24) is 15.0 Å². The van der Waals surface area contributed by atoms with Crippen molar-refractivity contribution in [3.63, 3.8) is 0 Å². The third-order valence-corrected chi connectivity index (χ3v) is 5.11. The lowest BCUT2D eigenvalue weighted by atomic mass is 9.97. The van der Waals surface area contributed by atoms with Crippen LogP contribution in [-0.4, -0.2) is 21.5 Å². The highest BCUT2D eigenvalue weighted by Gasteiger charge is 2.08. The van der Waals surface area contributed by atoms with Gasteiger partial charge in [-0.25, -0.2) is 4.98 Å². The average molecular weight is 386 g/mol. The number of benzene rings is 1. The predicted octanol–water partition coefficient (Wildman–Crippen LogP) is 5.45. The molecule has 1 aromatic carbocycles. The number of hydrogen-bond acceptors (Lipinski definition) is 5. The summed E-state index contributed by atoms with van der Waals surface area (Å²) in [6, 6.07) is 16.2. The van der Waals surface area contributed by atoms with E-state index in [1.807, 2.05) is 36.5 Å². The molecule has 0 saturated carbocycles. The third-order valence-electron chi connectivity index (χ3n) is 5.11. The Morgan fingerprint density at radius 3 is 2.66 bits per heavy atom. The Morgan fingerprint density at radius 1 is 0.931 bits per heavy atom. The number of rotatable bonds is 8. The van der Waals surface area contributed by atoms with E-state index < -0.39 is 0 Å². The molecule has 0 amide bonds. The van der Waals surface area contributed by atoms with Gasteiger partial charge in [-0.2, -0.15) is 4.98 Å². The molecule has 0 atom stereocenters. The highest BCUT2D eigenvalue weighted by Crippen LogP contribution is 2.23. The van der Waals surface area contributed by atoms with Crippen molar-refractivity contribution in [2.45, 2.75) is 38.6 Å². The van der Waals surface area contributed by atoms with Crippen molar-refractivity contribution in [3.05, 3.63) is 78.1 Å². The second-order valence-electron chi connectivity index (χ2n) is 7.33. The molecule has 4 rings (SSSR count). The molecule has 5 nitrogen and oxygen atoms in total. The lowest BCUT2D eigenvalue weighted by Crippen LogP contribution is -2.10. The second kappa shape index (κ2) is 9.82. The van der Waals surface area contributed by atoms with Crippen LogP contribution in [0.3, 0.4) is 0 Å². The van der Waals surface area contributed by atoms with Crippen LogP contribution >= 0.6 is 0 Å². The maximum absolute atomic E-state index is 4.75. The van der Waals surface area contributed by atoms with Gasteiger partial charge in [0.15, 0.2) is 0 Å². The topological polar surface area (TPSA) is 62.7 Å². The number of pyridine rings is 1. The third kappa shape index (κ3) is 5.64. The second-order valence-corrected chi connectivity index (χ2v) is 7.33. The van der Waals surface area contributed by atoms with E-state index in [1.165, 1.54) is 25.7 Å². The summed E-state index contributed by atoms with van der Waals surface area (Å²) in [7, 11) is 0. The zero-order chi connectivity index (χ0) is 19.7. The number of nitrogens with zero attached hydrogens (tertiary/aromatic N) is 3. The maximum atomic E-state index is 4.75. The molecule has 0 saturated heterocycles. The van der Waals surface area contributed by atoms with Crippen molar-refractivity contribution in [1.29, 1.82) is 0 Å². The van der Waals surface area contributed by atoms with Crippen LogP contribution in [0.5, 0.6) is 0 Å². The van der Waals surface area contributed by atoms with Gasteiger partial charge in [0.05, 0.1) is 5.69 Å². The number of aromatic nitrogens is 3. The molecule has 3 aromatic rings. The molecule has 1 aliphatic carbocycles. The smallest absolute Gasteiger partial charge is 0.225 e. The first-order chi connectivity index (χ1) is 14.4. The fourth-order valence-corrected chi connectivity index (χ4v) is 3.54. The van der Waals surface area contributed by atoms with Crippen molar-refractivity contribution < 1.29 is 0 Å². The fraction of sp³-hybridized carbons (Fsp3) is 0.292. The SMILES string of the molecule is C1=C(CCNc2nc(NCc3cccnc3)cc(-c3ccccc3)n2)CCCC1. The standard InChI is InChI=1S/C24H27N5/c1-3-8-19(9-4-1)13-15-26-24-28-22(21-11-5-2-6-12-21)16-23(29-24)27-18-20-10-7-14-25-17-20/h2,5-8,10-12,14,16-17H,1,3-4,9,13,15,18H2,(H2,26,27,28,29). The van der Waals surface area contributed by atoms with E-state index >= 15 is 0 Å². The summed E-state index contributed by atoms with van der Waals surface area (Å²) < 4.78 is 0. The Labute approximate surface area is 172 Å². The van der Waals surface area contributed by atoms with Gasteiger partial charge < -0.3 is 10.6 Å². The lowest BCUT2D eigenvalue weighted by Gasteiger charge is -2.14. The quantitative estimate of drug-likeness (QED) is 0.505. The Bertz CT molecular complexity index is 938. The van der Waals surface area contributed by atoms with Gasteiger partial charge in [-0.15, -0.1) is 0 Å². The van der Waals surface area contributed by atoms with Crippen LogP contribution < -0.4 is 10.6 Å². The summed E-state index contributed by atoms with van der Waals surface area (Å²) in [6.07, 6.45) is 12.2. The minimum atomic E-state index is 0.663. The molecule has 0 unspecified atom stereocenters. The zero-order valence-corrected chi connectivity index (χ0v) is 16.6. The number of allylic oxidation sites excluding steroid dienone is 1. The van der Waals surface area contributed by atoms with Gasteiger partial charge in [0, 0.05) is 37.1 Å². The first-order valence-electron chi connectivity index (χ1n) is 10.4. The minimum absolute atomic E-state index is 0.663. The molecule has 1 aliphatic rings. The average Bonchev–Trinajstić information content (AvgIpc) is 2.80. The van der Waals surface area contributed by atoms with E-state index in [2.05, 4.69) is 44.9 Å². The van der Waals surface area contributed by atoms with E-state index in [-0.39, 0.29) is 0 Å². The van der Waals surface area contributed by atoms with Crippen molar-refractivity contribution in [2.24, 2.45) is 0 Å². The molecule has 2 N–H and O–H groups in total. The molecule has 0 radical (unpaired) electrons. The summed E-state index contributed by atoms with van der Waals surface area (Å²) in [4.78, 5) is 13.6. The van der Waals surface area contributed by atoms with Gasteiger partial charge in [0.2, 0.25) is 5.95 Å². The summed E-state index contributed by atoms with van der Waals surface area (Å²) in [5.41, 5.74) is 4.66. The number of anilines is 2. The van der Waals surface area contributed by atoms with Crippen LogP contribution in [-0.2, 0) is 6.54 Å². The molecule has 2 aromatic heterocycles. The molecular weight excluding hydrogens is 358 g/mol. The van der Waals surface area contributed by atoms with Crippen molar-refractivity contribution in [2.75, 3.05) is 17.2 Å². The Kier molecular flexibility index (Phi) is 6.48. The lowest BCUT2D eigenvalue weighted by molar-refractivity contribution is 0.679. The van der Waals surface area contributed by atoms with Crippen LogP contribution in [0.25, 0.3) is 11.3 Å². The maximum Gasteiger partial charge on any atom is 0.225 e. The van der Waals surface area contributed by atoms with Gasteiger partial charge in [-0.3, -0.25) is 4.98 Å². The molecule has 2 heterocycles. The summed E-state index contributed by atoms with van der Waals surface area (Å²) in [5.74, 6) is 1.47. The predicted molar refractivity (Wildman–Crippen MR) is 119 cm³/mol. The van der Waals surface area contributed by atoms with Crippen molar-refractivity contribution >= 4 is 11.8 Å². The fourth-order valence-electron chi connectivity index (χ4n) is 3.54. The van der Waals surface area contributed by atoms with E-state index in [0.29, 0.717) is 12.5 Å². The van der Waals surface area contributed by atoms with Gasteiger partial charge in [-0.05, 0) is 43.7 Å². The van der Waals surface area contributed by atoms with E-state index in [0.717, 1.165) is 35.6 Å². The van der Waals surface area contributed by atoms with Crippen LogP contribution in [0.4, 0.5) is 11.8 Å². The summed E-state index contributed by atoms with van der Waals surface area (Å²) in [5, 5.41) is 6.83. The van der Waals surface area contributed by atoms with Gasteiger partial charge >= 0.3 is 0 Å². The molecule has 5 heteroatoms. The molecular formula is C24H27N5. The molecule has 0 fully saturated rings. The first-order valence-corrected chi connectivity index (χ1v) is 10.4. The van der Waals surface area contributed by atoms with Gasteiger partial charge in [-0.1, -0.05) is 48.0 Å². The Morgan fingerprint density at radius 2 is 1.86 bits per heavy atom. The summed E-state index contributed by atoms with van der Waals surface area (Å²) in [6.45, 7) is 1.53. The molecule has 0 spiro atoms. The Balaban J connectivity index is 1.48. The van der Waals surface area contributed by atoms with Crippen molar-refractivity contribution in [3.8, 4) is 11.3 Å². The molecule has 0 aliphatic heterocycles. The molecule has 29 heavy (non-hydrogen) atoms. The van der Waals surface area contributed by atoms with Crippen LogP contribution in [0.1, 0.15) is 37.7 Å². The first kappa shape index (κ1) is 19.1. The van der Waals surface area contributed by atoms with Gasteiger partial charge in [0.1, 0.15) is 5.82 Å². The molecule has 148 valence electrons. The normalized spacial score (nSPS) is 13.6. The minimum Gasteiger partial charge on any atom is -0.366 e. The largest absolute Gasteiger partial charge is 0.366 e. The summed E-state index contributed by atoms with van der Waals surface area (Å²) >= 11 is 0. The van der Waals surface area contributed by atoms with Crippen LogP contribution in [0.2, 0.25) is 0 Å². The van der Waals surface area contributed by atoms with Crippen LogP contribution in [0.15, 0.2) is 72.6 Å². The highest BCUT2D eigenvalue weighted by molar-refractivity contribution is 5.64. The van der Waals surface area contributed by atoms with E-state index in [9.17, 15) is 0 Å². The monoisotopic (exact) mass is 385 g/mol.